The lowest BCUT2D eigenvalue weighted by molar-refractivity contribution is 1.17. The number of benzene rings is 9. The van der Waals surface area contributed by atoms with E-state index >= 15 is 0 Å². The van der Waals surface area contributed by atoms with Crippen LogP contribution >= 0.6 is 0 Å². The Morgan fingerprint density at radius 2 is 0.672 bits per heavy atom. The van der Waals surface area contributed by atoms with Crippen molar-refractivity contribution in [3.8, 4) is 17.1 Å². The van der Waals surface area contributed by atoms with E-state index in [4.69, 9.17) is 0 Å². The van der Waals surface area contributed by atoms with E-state index in [9.17, 15) is 0 Å². The van der Waals surface area contributed by atoms with Crippen LogP contribution in [0.3, 0.4) is 0 Å². The number of hydrogen-bond acceptors (Lipinski definition) is 1. The van der Waals surface area contributed by atoms with Crippen molar-refractivity contribution in [2.24, 2.45) is 0 Å². The molecule has 0 N–H and O–H groups in total. The lowest BCUT2D eigenvalue weighted by atomic mass is 10.1. The van der Waals surface area contributed by atoms with Crippen LogP contribution in [0, 0.1) is 0 Å². The molecule has 272 valence electrons. The third kappa shape index (κ3) is 4.82. The normalized spacial score (nSPS) is 11.8. The van der Waals surface area contributed by atoms with Gasteiger partial charge in [0.25, 0.3) is 0 Å². The summed E-state index contributed by atoms with van der Waals surface area (Å²) in [4.78, 5) is 2.48. The SMILES string of the molecule is c1ccc(-n2c3ccccc3c3cc(N(c4ccc5c6ccccc6n(-c6ccccc6)c5c4)c4cccc5c4c4ccccc4n5-c4ccccc4)ccc32)cc1. The zero-order chi connectivity index (χ0) is 38.2. The largest absolute Gasteiger partial charge is 0.310 e. The van der Waals surface area contributed by atoms with Gasteiger partial charge >= 0.3 is 0 Å². The summed E-state index contributed by atoms with van der Waals surface area (Å²) in [6.07, 6.45) is 0. The Kier molecular flexibility index (Phi) is 7.20. The maximum absolute atomic E-state index is 2.48. The van der Waals surface area contributed by atoms with Crippen molar-refractivity contribution < 1.29 is 0 Å². The molecule has 0 saturated heterocycles. The van der Waals surface area contributed by atoms with E-state index in [-0.39, 0.29) is 0 Å². The standard InChI is InChI=1S/C54H36N4/c1-4-17-37(18-5-1)56-48-27-14-11-24-43(48)46-35-40(32-34-50(46)56)55(41-31-33-44-42-23-10-13-26-47(42)58(53(44)36-41)39-21-8-3-9-22-39)51-29-16-30-52-54(51)45-25-12-15-28-49(45)57(52)38-19-6-2-7-20-38/h1-36H. The highest BCUT2D eigenvalue weighted by atomic mass is 15.2. The van der Waals surface area contributed by atoms with Gasteiger partial charge in [-0.15, -0.1) is 0 Å². The number of nitrogens with zero attached hydrogens (tertiary/aromatic N) is 4. The van der Waals surface area contributed by atoms with E-state index in [2.05, 4.69) is 237 Å². The van der Waals surface area contributed by atoms with Crippen LogP contribution in [0.25, 0.3) is 82.5 Å². The van der Waals surface area contributed by atoms with E-state index in [0.29, 0.717) is 0 Å². The lowest BCUT2D eigenvalue weighted by Crippen LogP contribution is -2.11. The molecule has 0 radical (unpaired) electrons. The van der Waals surface area contributed by atoms with Gasteiger partial charge in [0, 0.05) is 60.8 Å². The molecule has 4 nitrogen and oxygen atoms in total. The molecule has 0 spiro atoms. The van der Waals surface area contributed by atoms with E-state index in [1.807, 2.05) is 0 Å². The zero-order valence-corrected chi connectivity index (χ0v) is 31.6. The zero-order valence-electron chi connectivity index (χ0n) is 31.6. The highest BCUT2D eigenvalue weighted by Gasteiger charge is 2.24. The molecule has 0 fully saturated rings. The van der Waals surface area contributed by atoms with Gasteiger partial charge in [0.1, 0.15) is 0 Å². The summed E-state index contributed by atoms with van der Waals surface area (Å²) in [5, 5.41) is 7.31. The van der Waals surface area contributed by atoms with E-state index in [0.717, 1.165) is 45.2 Å². The Morgan fingerprint density at radius 1 is 0.259 bits per heavy atom. The Morgan fingerprint density at radius 3 is 1.29 bits per heavy atom. The monoisotopic (exact) mass is 740 g/mol. The molecule has 0 aliphatic rings. The van der Waals surface area contributed by atoms with Crippen molar-refractivity contribution >= 4 is 82.5 Å². The first-order valence-electron chi connectivity index (χ1n) is 19.9. The number of anilines is 3. The molecule has 0 atom stereocenters. The molecule has 12 aromatic rings. The fraction of sp³-hybridized carbons (Fsp3) is 0. The van der Waals surface area contributed by atoms with Crippen molar-refractivity contribution in [1.29, 1.82) is 0 Å². The van der Waals surface area contributed by atoms with Gasteiger partial charge in [-0.2, -0.15) is 0 Å². The second-order valence-electron chi connectivity index (χ2n) is 15.0. The summed E-state index contributed by atoms with van der Waals surface area (Å²) >= 11 is 0. The molecule has 3 heterocycles. The second-order valence-corrected chi connectivity index (χ2v) is 15.0. The third-order valence-electron chi connectivity index (χ3n) is 11.8. The predicted octanol–water partition coefficient (Wildman–Crippen LogP) is 14.4. The molecule has 0 saturated carbocycles. The molecule has 9 aromatic carbocycles. The van der Waals surface area contributed by atoms with Crippen LogP contribution in [0.5, 0.6) is 0 Å². The van der Waals surface area contributed by atoms with Crippen LogP contribution in [-0.2, 0) is 0 Å². The van der Waals surface area contributed by atoms with E-state index < -0.39 is 0 Å². The summed E-state index contributed by atoms with van der Waals surface area (Å²) < 4.78 is 7.20. The first-order valence-corrected chi connectivity index (χ1v) is 19.9. The van der Waals surface area contributed by atoms with Gasteiger partial charge in [-0.3, -0.25) is 0 Å². The molecular weight excluding hydrogens is 705 g/mol. The summed E-state index contributed by atoms with van der Waals surface area (Å²) in [7, 11) is 0. The van der Waals surface area contributed by atoms with E-state index in [1.54, 1.807) is 0 Å². The Bertz CT molecular complexity index is 3500. The minimum Gasteiger partial charge on any atom is -0.310 e. The minimum atomic E-state index is 1.09. The molecule has 0 bridgehead atoms. The lowest BCUT2D eigenvalue weighted by Gasteiger charge is -2.27. The molecule has 0 unspecified atom stereocenters. The highest BCUT2D eigenvalue weighted by molar-refractivity contribution is 6.18. The van der Waals surface area contributed by atoms with Crippen LogP contribution in [0.1, 0.15) is 0 Å². The number of aromatic nitrogens is 3. The molecule has 0 aliphatic carbocycles. The predicted molar refractivity (Wildman–Crippen MR) is 244 cm³/mol. The van der Waals surface area contributed by atoms with Crippen LogP contribution in [0.15, 0.2) is 218 Å². The molecule has 0 amide bonds. The van der Waals surface area contributed by atoms with Crippen LogP contribution < -0.4 is 4.90 Å². The van der Waals surface area contributed by atoms with Crippen LogP contribution in [0.2, 0.25) is 0 Å². The van der Waals surface area contributed by atoms with Gasteiger partial charge in [0.05, 0.1) is 38.8 Å². The van der Waals surface area contributed by atoms with Crippen molar-refractivity contribution in [1.82, 2.24) is 13.7 Å². The molecule has 4 heteroatoms. The van der Waals surface area contributed by atoms with Crippen molar-refractivity contribution in [3.63, 3.8) is 0 Å². The summed E-state index contributed by atoms with van der Waals surface area (Å²) in [6.45, 7) is 0. The molecule has 12 rings (SSSR count). The number of fused-ring (bicyclic) bond motifs is 9. The highest BCUT2D eigenvalue weighted by Crippen LogP contribution is 2.46. The van der Waals surface area contributed by atoms with Gasteiger partial charge in [-0.25, -0.2) is 0 Å². The topological polar surface area (TPSA) is 18.0 Å². The first-order chi connectivity index (χ1) is 28.8. The summed E-state index contributed by atoms with van der Waals surface area (Å²) in [6, 6.07) is 79.2. The summed E-state index contributed by atoms with van der Waals surface area (Å²) in [5.41, 5.74) is 13.8. The second kappa shape index (κ2) is 12.9. The molecule has 3 aromatic heterocycles. The fourth-order valence-electron chi connectivity index (χ4n) is 9.38. The average Bonchev–Trinajstić information content (AvgIpc) is 3.93. The number of para-hydroxylation sites is 6. The first kappa shape index (κ1) is 32.4. The number of hydrogen-bond donors (Lipinski definition) is 0. The Labute approximate surface area is 335 Å². The van der Waals surface area contributed by atoms with Gasteiger partial charge < -0.3 is 18.6 Å². The molecule has 58 heavy (non-hydrogen) atoms. The average molecular weight is 741 g/mol. The van der Waals surface area contributed by atoms with Crippen molar-refractivity contribution in [2.75, 3.05) is 4.90 Å². The Balaban J connectivity index is 1.18. The smallest absolute Gasteiger partial charge is 0.0562 e. The summed E-state index contributed by atoms with van der Waals surface area (Å²) in [5.74, 6) is 0. The van der Waals surface area contributed by atoms with Crippen LogP contribution in [0.4, 0.5) is 17.1 Å². The third-order valence-corrected chi connectivity index (χ3v) is 11.8. The van der Waals surface area contributed by atoms with Crippen molar-refractivity contribution in [3.05, 3.63) is 218 Å². The van der Waals surface area contributed by atoms with Gasteiger partial charge in [0.15, 0.2) is 0 Å². The van der Waals surface area contributed by atoms with Gasteiger partial charge in [-0.05, 0) is 97.1 Å². The van der Waals surface area contributed by atoms with E-state index in [1.165, 1.54) is 54.4 Å². The van der Waals surface area contributed by atoms with Crippen LogP contribution in [-0.4, -0.2) is 13.7 Å². The minimum absolute atomic E-state index is 1.09. The molecule has 0 aliphatic heterocycles. The maximum Gasteiger partial charge on any atom is 0.0562 e. The van der Waals surface area contributed by atoms with Gasteiger partial charge in [0.2, 0.25) is 0 Å². The fourth-order valence-corrected chi connectivity index (χ4v) is 9.38. The number of rotatable bonds is 6. The Hall–Kier alpha value is -7.82. The van der Waals surface area contributed by atoms with Crippen molar-refractivity contribution in [2.45, 2.75) is 0 Å². The molecular formula is C54H36N4. The van der Waals surface area contributed by atoms with Gasteiger partial charge in [-0.1, -0.05) is 121 Å². The maximum atomic E-state index is 2.48. The quantitative estimate of drug-likeness (QED) is 0.166.